The van der Waals surface area contributed by atoms with E-state index in [2.05, 4.69) is 27.4 Å². The Kier molecular flexibility index (Phi) is 2.50. The quantitative estimate of drug-likeness (QED) is 0.810. The van der Waals surface area contributed by atoms with E-state index in [9.17, 15) is 0 Å². The molecule has 0 radical (unpaired) electrons. The first kappa shape index (κ1) is 9.66. The van der Waals surface area contributed by atoms with Gasteiger partial charge in [0.2, 0.25) is 0 Å². The van der Waals surface area contributed by atoms with E-state index in [1.54, 1.807) is 6.33 Å². The number of aromatic nitrogens is 2. The molecule has 0 saturated carbocycles. The zero-order chi connectivity index (χ0) is 10.8. The third-order valence-corrected chi connectivity index (χ3v) is 3.01. The molecular weight excluding hydrogens is 202 g/mol. The highest BCUT2D eigenvalue weighted by molar-refractivity contribution is 5.78. The molecule has 2 aromatic rings. The SMILES string of the molecule is c1nc2ccc(NC3CCOCC3)cc2[nH]1. The average molecular weight is 217 g/mol. The first-order chi connectivity index (χ1) is 7.92. The van der Waals surface area contributed by atoms with Crippen LogP contribution in [0, 0.1) is 0 Å². The minimum absolute atomic E-state index is 0.536. The molecule has 1 saturated heterocycles. The molecule has 1 fully saturated rings. The summed E-state index contributed by atoms with van der Waals surface area (Å²) in [6, 6.07) is 6.76. The van der Waals surface area contributed by atoms with Crippen LogP contribution in [-0.4, -0.2) is 29.2 Å². The maximum Gasteiger partial charge on any atom is 0.0931 e. The van der Waals surface area contributed by atoms with Gasteiger partial charge in [0.25, 0.3) is 0 Å². The molecule has 0 aliphatic carbocycles. The van der Waals surface area contributed by atoms with Crippen LogP contribution in [0.1, 0.15) is 12.8 Å². The smallest absolute Gasteiger partial charge is 0.0931 e. The number of nitrogens with one attached hydrogen (secondary N) is 2. The van der Waals surface area contributed by atoms with E-state index in [4.69, 9.17) is 4.74 Å². The second-order valence-electron chi connectivity index (χ2n) is 4.17. The lowest BCUT2D eigenvalue weighted by Gasteiger charge is -2.24. The number of imidazole rings is 1. The standard InChI is InChI=1S/C12H15N3O/c1-2-11-12(14-8-13-11)7-10(1)15-9-3-5-16-6-4-9/h1-2,7-9,15H,3-6H2,(H,13,14). The highest BCUT2D eigenvalue weighted by Gasteiger charge is 2.13. The summed E-state index contributed by atoms with van der Waals surface area (Å²) >= 11 is 0. The number of rotatable bonds is 2. The first-order valence-electron chi connectivity index (χ1n) is 5.69. The van der Waals surface area contributed by atoms with Crippen LogP contribution in [0.3, 0.4) is 0 Å². The Morgan fingerprint density at radius 2 is 2.19 bits per heavy atom. The van der Waals surface area contributed by atoms with Crippen molar-refractivity contribution in [1.29, 1.82) is 0 Å². The van der Waals surface area contributed by atoms with Crippen molar-refractivity contribution in [1.82, 2.24) is 9.97 Å². The number of H-pyrrole nitrogens is 1. The van der Waals surface area contributed by atoms with Crippen molar-refractivity contribution in [3.05, 3.63) is 24.5 Å². The lowest BCUT2D eigenvalue weighted by atomic mass is 10.1. The van der Waals surface area contributed by atoms with Crippen molar-refractivity contribution >= 4 is 16.7 Å². The molecule has 4 heteroatoms. The Hall–Kier alpha value is -1.55. The van der Waals surface area contributed by atoms with Crippen molar-refractivity contribution in [3.8, 4) is 0 Å². The molecule has 0 unspecified atom stereocenters. The average Bonchev–Trinajstić information content (AvgIpc) is 2.77. The number of benzene rings is 1. The molecule has 1 aromatic carbocycles. The number of fused-ring (bicyclic) bond motifs is 1. The van der Waals surface area contributed by atoms with Crippen molar-refractivity contribution in [2.75, 3.05) is 18.5 Å². The Labute approximate surface area is 94.0 Å². The van der Waals surface area contributed by atoms with Gasteiger partial charge in [-0.15, -0.1) is 0 Å². The number of nitrogens with zero attached hydrogens (tertiary/aromatic N) is 1. The second kappa shape index (κ2) is 4.14. The van der Waals surface area contributed by atoms with Crippen molar-refractivity contribution in [2.45, 2.75) is 18.9 Å². The van der Waals surface area contributed by atoms with Crippen LogP contribution in [-0.2, 0) is 4.74 Å². The molecule has 1 aliphatic rings. The number of hydrogen-bond donors (Lipinski definition) is 2. The van der Waals surface area contributed by atoms with Gasteiger partial charge in [-0.1, -0.05) is 0 Å². The monoisotopic (exact) mass is 217 g/mol. The summed E-state index contributed by atoms with van der Waals surface area (Å²) in [6.45, 7) is 1.73. The molecule has 84 valence electrons. The maximum atomic E-state index is 5.34. The Morgan fingerprint density at radius 3 is 3.06 bits per heavy atom. The molecule has 16 heavy (non-hydrogen) atoms. The minimum atomic E-state index is 0.536. The Morgan fingerprint density at radius 1 is 1.31 bits per heavy atom. The summed E-state index contributed by atoms with van der Waals surface area (Å²) in [7, 11) is 0. The van der Waals surface area contributed by atoms with E-state index in [1.807, 2.05) is 6.07 Å². The van der Waals surface area contributed by atoms with Gasteiger partial charge >= 0.3 is 0 Å². The summed E-state index contributed by atoms with van der Waals surface area (Å²) in [6.07, 6.45) is 3.89. The fraction of sp³-hybridized carbons (Fsp3) is 0.417. The van der Waals surface area contributed by atoms with Crippen LogP contribution in [0.5, 0.6) is 0 Å². The van der Waals surface area contributed by atoms with E-state index in [1.165, 1.54) is 0 Å². The summed E-state index contributed by atoms with van der Waals surface area (Å²) in [5, 5.41) is 3.54. The van der Waals surface area contributed by atoms with Gasteiger partial charge < -0.3 is 15.0 Å². The zero-order valence-corrected chi connectivity index (χ0v) is 9.07. The van der Waals surface area contributed by atoms with Gasteiger partial charge in [-0.25, -0.2) is 4.98 Å². The summed E-state index contributed by atoms with van der Waals surface area (Å²) < 4.78 is 5.34. The third-order valence-electron chi connectivity index (χ3n) is 3.01. The number of aromatic amines is 1. The number of hydrogen-bond acceptors (Lipinski definition) is 3. The summed E-state index contributed by atoms with van der Waals surface area (Å²) in [4.78, 5) is 7.32. The van der Waals surface area contributed by atoms with Crippen molar-refractivity contribution < 1.29 is 4.74 Å². The van der Waals surface area contributed by atoms with Gasteiger partial charge in [-0.3, -0.25) is 0 Å². The molecule has 4 nitrogen and oxygen atoms in total. The van der Waals surface area contributed by atoms with Gasteiger partial charge in [0.15, 0.2) is 0 Å². The van der Waals surface area contributed by atoms with E-state index >= 15 is 0 Å². The molecule has 3 rings (SSSR count). The fourth-order valence-corrected chi connectivity index (χ4v) is 2.10. The molecule has 0 spiro atoms. The fourth-order valence-electron chi connectivity index (χ4n) is 2.10. The molecule has 0 bridgehead atoms. The van der Waals surface area contributed by atoms with Crippen LogP contribution < -0.4 is 5.32 Å². The topological polar surface area (TPSA) is 49.9 Å². The molecule has 1 aromatic heterocycles. The maximum absolute atomic E-state index is 5.34. The van der Waals surface area contributed by atoms with Gasteiger partial charge in [-0.05, 0) is 31.0 Å². The van der Waals surface area contributed by atoms with E-state index in [0.29, 0.717) is 6.04 Å². The predicted octanol–water partition coefficient (Wildman–Crippen LogP) is 2.15. The van der Waals surface area contributed by atoms with Crippen LogP contribution in [0.2, 0.25) is 0 Å². The van der Waals surface area contributed by atoms with Crippen LogP contribution in [0.4, 0.5) is 5.69 Å². The number of ether oxygens (including phenoxy) is 1. The zero-order valence-electron chi connectivity index (χ0n) is 9.07. The summed E-state index contributed by atoms with van der Waals surface area (Å²) in [5.41, 5.74) is 3.25. The lowest BCUT2D eigenvalue weighted by molar-refractivity contribution is 0.0904. The highest BCUT2D eigenvalue weighted by Crippen LogP contribution is 2.19. The van der Waals surface area contributed by atoms with Crippen molar-refractivity contribution in [2.24, 2.45) is 0 Å². The predicted molar refractivity (Wildman–Crippen MR) is 63.6 cm³/mol. The normalized spacial score (nSPS) is 17.8. The van der Waals surface area contributed by atoms with Crippen LogP contribution >= 0.6 is 0 Å². The Bertz CT molecular complexity index is 474. The van der Waals surface area contributed by atoms with Gasteiger partial charge in [0.1, 0.15) is 0 Å². The van der Waals surface area contributed by atoms with Crippen molar-refractivity contribution in [3.63, 3.8) is 0 Å². The molecule has 0 atom stereocenters. The largest absolute Gasteiger partial charge is 0.382 e. The second-order valence-corrected chi connectivity index (χ2v) is 4.17. The Balaban J connectivity index is 1.77. The summed E-state index contributed by atoms with van der Waals surface area (Å²) in [5.74, 6) is 0. The van der Waals surface area contributed by atoms with Gasteiger partial charge in [0.05, 0.1) is 17.4 Å². The minimum Gasteiger partial charge on any atom is -0.382 e. The molecule has 2 heterocycles. The van der Waals surface area contributed by atoms with E-state index in [-0.39, 0.29) is 0 Å². The van der Waals surface area contributed by atoms with E-state index < -0.39 is 0 Å². The molecule has 0 amide bonds. The van der Waals surface area contributed by atoms with E-state index in [0.717, 1.165) is 42.8 Å². The lowest BCUT2D eigenvalue weighted by Crippen LogP contribution is -2.27. The molecule has 1 aliphatic heterocycles. The van der Waals surface area contributed by atoms with Crippen LogP contribution in [0.15, 0.2) is 24.5 Å². The first-order valence-corrected chi connectivity index (χ1v) is 5.69. The van der Waals surface area contributed by atoms with Crippen LogP contribution in [0.25, 0.3) is 11.0 Å². The van der Waals surface area contributed by atoms with Gasteiger partial charge in [-0.2, -0.15) is 0 Å². The number of anilines is 1. The highest BCUT2D eigenvalue weighted by atomic mass is 16.5. The third kappa shape index (κ3) is 1.88. The molecular formula is C12H15N3O. The van der Waals surface area contributed by atoms with Gasteiger partial charge in [0, 0.05) is 24.9 Å². The molecule has 2 N–H and O–H groups in total.